The van der Waals surface area contributed by atoms with Crippen molar-refractivity contribution in [2.24, 2.45) is 11.8 Å². The van der Waals surface area contributed by atoms with E-state index in [0.717, 1.165) is 32.5 Å². The topological polar surface area (TPSA) is 49.8 Å². The van der Waals surface area contributed by atoms with Gasteiger partial charge in [-0.1, -0.05) is 6.08 Å². The Bertz CT molecular complexity index is 327. The van der Waals surface area contributed by atoms with Crippen LogP contribution in [0.4, 0.5) is 0 Å². The monoisotopic (exact) mass is 239 g/mol. The summed E-state index contributed by atoms with van der Waals surface area (Å²) in [5, 5.41) is 9.80. The average Bonchev–Trinajstić information content (AvgIpc) is 2.87. The number of hydrogen-bond acceptors (Lipinski definition) is 4. The van der Waals surface area contributed by atoms with E-state index < -0.39 is 0 Å². The van der Waals surface area contributed by atoms with Crippen molar-refractivity contribution in [3.63, 3.8) is 0 Å². The maximum Gasteiger partial charge on any atom is 0.333 e. The smallest absolute Gasteiger partial charge is 0.333 e. The molecule has 1 N–H and O–H groups in total. The Hall–Kier alpha value is -0.870. The molecule has 17 heavy (non-hydrogen) atoms. The van der Waals surface area contributed by atoms with Gasteiger partial charge in [0.05, 0.1) is 13.2 Å². The molecule has 3 atom stereocenters. The highest BCUT2D eigenvalue weighted by molar-refractivity contribution is 5.87. The molecular formula is C13H21NO3. The fourth-order valence-corrected chi connectivity index (χ4v) is 2.99. The minimum Gasteiger partial charge on any atom is -0.466 e. The van der Waals surface area contributed by atoms with E-state index in [2.05, 4.69) is 9.64 Å². The van der Waals surface area contributed by atoms with E-state index in [0.29, 0.717) is 17.4 Å². The van der Waals surface area contributed by atoms with Crippen LogP contribution in [0.15, 0.2) is 11.6 Å². The number of aliphatic hydroxyl groups excluding tert-OH is 1. The van der Waals surface area contributed by atoms with Gasteiger partial charge >= 0.3 is 5.97 Å². The summed E-state index contributed by atoms with van der Waals surface area (Å²) in [5.41, 5.74) is 0.658. The minimum atomic E-state index is -0.260. The van der Waals surface area contributed by atoms with Gasteiger partial charge in [-0.2, -0.15) is 0 Å². The third-order valence-corrected chi connectivity index (χ3v) is 4.06. The quantitative estimate of drug-likeness (QED) is 0.585. The molecule has 2 fully saturated rings. The highest BCUT2D eigenvalue weighted by atomic mass is 16.5. The van der Waals surface area contributed by atoms with Gasteiger partial charge in [-0.15, -0.1) is 0 Å². The lowest BCUT2D eigenvalue weighted by Crippen LogP contribution is -2.25. The Kier molecular flexibility index (Phi) is 3.84. The second-order valence-corrected chi connectivity index (χ2v) is 5.17. The summed E-state index contributed by atoms with van der Waals surface area (Å²) < 4.78 is 4.65. The molecule has 0 aromatic rings. The van der Waals surface area contributed by atoms with E-state index in [1.165, 1.54) is 7.11 Å². The number of fused-ring (bicyclic) bond motifs is 1. The van der Waals surface area contributed by atoms with Crippen LogP contribution in [-0.4, -0.2) is 48.8 Å². The van der Waals surface area contributed by atoms with Gasteiger partial charge in [0.25, 0.3) is 0 Å². The third-order valence-electron chi connectivity index (χ3n) is 4.06. The van der Waals surface area contributed by atoms with E-state index in [-0.39, 0.29) is 12.1 Å². The maximum absolute atomic E-state index is 11.2. The van der Waals surface area contributed by atoms with Crippen molar-refractivity contribution in [3.8, 4) is 0 Å². The lowest BCUT2D eigenvalue weighted by Gasteiger charge is -2.16. The van der Waals surface area contributed by atoms with Crippen molar-refractivity contribution in [2.45, 2.75) is 25.9 Å². The van der Waals surface area contributed by atoms with E-state index in [1.807, 2.05) is 6.08 Å². The second kappa shape index (κ2) is 5.19. The van der Waals surface area contributed by atoms with Crippen LogP contribution in [0.25, 0.3) is 0 Å². The molecule has 0 amide bonds. The Morgan fingerprint density at radius 1 is 1.47 bits per heavy atom. The fourth-order valence-electron chi connectivity index (χ4n) is 2.99. The normalized spacial score (nSPS) is 33.8. The number of aliphatic hydroxyl groups is 1. The lowest BCUT2D eigenvalue weighted by atomic mass is 10.00. The van der Waals surface area contributed by atoms with Crippen molar-refractivity contribution >= 4 is 5.97 Å². The third kappa shape index (κ3) is 2.69. The predicted molar refractivity (Wildman–Crippen MR) is 64.4 cm³/mol. The SMILES string of the molecule is COC(=O)C(C)=CCN1CC2CCC(O)C2C1. The van der Waals surface area contributed by atoms with E-state index in [1.54, 1.807) is 6.92 Å². The molecule has 96 valence electrons. The van der Waals surface area contributed by atoms with Crippen LogP contribution < -0.4 is 0 Å². The molecule has 0 aromatic carbocycles. The van der Waals surface area contributed by atoms with E-state index in [4.69, 9.17) is 0 Å². The summed E-state index contributed by atoms with van der Waals surface area (Å²) in [6, 6.07) is 0. The molecule has 3 unspecified atom stereocenters. The van der Waals surface area contributed by atoms with Crippen LogP contribution in [0.5, 0.6) is 0 Å². The first-order valence-electron chi connectivity index (χ1n) is 6.27. The fraction of sp³-hybridized carbons (Fsp3) is 0.769. The molecule has 4 nitrogen and oxygen atoms in total. The van der Waals surface area contributed by atoms with Gasteiger partial charge in [-0.3, -0.25) is 4.90 Å². The molecule has 1 heterocycles. The number of carbonyl (C=O) groups is 1. The van der Waals surface area contributed by atoms with Crippen LogP contribution >= 0.6 is 0 Å². The van der Waals surface area contributed by atoms with Gasteiger partial charge in [-0.05, 0) is 25.7 Å². The number of esters is 1. The van der Waals surface area contributed by atoms with E-state index >= 15 is 0 Å². The molecule has 1 aliphatic heterocycles. The minimum absolute atomic E-state index is 0.115. The number of rotatable bonds is 3. The van der Waals surface area contributed by atoms with Gasteiger partial charge in [0.15, 0.2) is 0 Å². The molecule has 0 spiro atoms. The highest BCUT2D eigenvalue weighted by Crippen LogP contribution is 2.37. The van der Waals surface area contributed by atoms with Crippen LogP contribution in [0, 0.1) is 11.8 Å². The zero-order valence-electron chi connectivity index (χ0n) is 10.6. The van der Waals surface area contributed by atoms with Gasteiger partial charge in [0.2, 0.25) is 0 Å². The molecule has 2 rings (SSSR count). The first kappa shape index (κ1) is 12.6. The Morgan fingerprint density at radius 2 is 2.24 bits per heavy atom. The molecule has 2 aliphatic rings. The highest BCUT2D eigenvalue weighted by Gasteiger charge is 2.41. The van der Waals surface area contributed by atoms with Crippen LogP contribution in [0.1, 0.15) is 19.8 Å². The summed E-state index contributed by atoms with van der Waals surface area (Å²) >= 11 is 0. The molecule has 0 radical (unpaired) electrons. The van der Waals surface area contributed by atoms with E-state index in [9.17, 15) is 9.90 Å². The van der Waals surface area contributed by atoms with Gasteiger partial charge in [-0.25, -0.2) is 4.79 Å². The van der Waals surface area contributed by atoms with Crippen LogP contribution in [-0.2, 0) is 9.53 Å². The van der Waals surface area contributed by atoms with Crippen molar-refractivity contribution in [1.82, 2.24) is 4.90 Å². The van der Waals surface area contributed by atoms with Crippen molar-refractivity contribution in [2.75, 3.05) is 26.7 Å². The summed E-state index contributed by atoms with van der Waals surface area (Å²) in [7, 11) is 1.40. The summed E-state index contributed by atoms with van der Waals surface area (Å²) in [5.74, 6) is 0.836. The number of likely N-dealkylation sites (tertiary alicyclic amines) is 1. The summed E-state index contributed by atoms with van der Waals surface area (Å²) in [6.45, 7) is 4.56. The number of methoxy groups -OCH3 is 1. The molecule has 1 saturated carbocycles. The summed E-state index contributed by atoms with van der Waals surface area (Å²) in [4.78, 5) is 13.5. The first-order chi connectivity index (χ1) is 8.11. The van der Waals surface area contributed by atoms with Gasteiger partial charge in [0, 0.05) is 31.1 Å². The number of ether oxygens (including phenoxy) is 1. The van der Waals surface area contributed by atoms with Crippen LogP contribution in [0.3, 0.4) is 0 Å². The lowest BCUT2D eigenvalue weighted by molar-refractivity contribution is -0.136. The van der Waals surface area contributed by atoms with Crippen molar-refractivity contribution < 1.29 is 14.6 Å². The average molecular weight is 239 g/mol. The van der Waals surface area contributed by atoms with Gasteiger partial charge in [0.1, 0.15) is 0 Å². The Morgan fingerprint density at radius 3 is 2.88 bits per heavy atom. The maximum atomic E-state index is 11.2. The Labute approximate surface area is 102 Å². The van der Waals surface area contributed by atoms with Gasteiger partial charge < -0.3 is 9.84 Å². The van der Waals surface area contributed by atoms with Crippen molar-refractivity contribution in [1.29, 1.82) is 0 Å². The van der Waals surface area contributed by atoms with Crippen LogP contribution in [0.2, 0.25) is 0 Å². The predicted octanol–water partition coefficient (Wildman–Crippen LogP) is 0.808. The Balaban J connectivity index is 1.84. The number of hydrogen-bond donors (Lipinski definition) is 1. The molecule has 0 aromatic heterocycles. The molecule has 1 saturated heterocycles. The molecular weight excluding hydrogens is 218 g/mol. The molecule has 1 aliphatic carbocycles. The second-order valence-electron chi connectivity index (χ2n) is 5.17. The number of nitrogens with zero attached hydrogens (tertiary/aromatic N) is 1. The standard InChI is InChI=1S/C13H21NO3/c1-9(13(16)17-2)5-6-14-7-10-3-4-12(15)11(10)8-14/h5,10-12,15H,3-4,6-8H2,1-2H3. The molecule has 4 heteroatoms. The zero-order chi connectivity index (χ0) is 12.4. The first-order valence-corrected chi connectivity index (χ1v) is 6.27. The molecule has 0 bridgehead atoms. The zero-order valence-corrected chi connectivity index (χ0v) is 10.6. The summed E-state index contributed by atoms with van der Waals surface area (Å²) in [6.07, 6.45) is 3.90. The number of carbonyl (C=O) groups excluding carboxylic acids is 1. The van der Waals surface area contributed by atoms with Crippen molar-refractivity contribution in [3.05, 3.63) is 11.6 Å². The largest absolute Gasteiger partial charge is 0.466 e.